The second-order valence-electron chi connectivity index (χ2n) is 3.70. The van der Waals surface area contributed by atoms with Gasteiger partial charge in [-0.15, -0.1) is 0 Å². The second kappa shape index (κ2) is 6.31. The third-order valence-corrected chi connectivity index (χ3v) is 2.07. The lowest BCUT2D eigenvalue weighted by atomic mass is 10.2. The van der Waals surface area contributed by atoms with E-state index >= 15 is 0 Å². The molecule has 0 aliphatic heterocycles. The summed E-state index contributed by atoms with van der Waals surface area (Å²) in [4.78, 5) is 22.4. The Hall–Kier alpha value is -2.19. The number of halogens is 5. The van der Waals surface area contributed by atoms with E-state index in [1.54, 1.807) is 0 Å². The first kappa shape index (κ1) is 15.9. The molecule has 0 atom stereocenters. The van der Waals surface area contributed by atoms with Crippen LogP contribution in [0.1, 0.15) is 10.4 Å². The van der Waals surface area contributed by atoms with Crippen LogP contribution in [0.2, 0.25) is 0 Å². The molecule has 1 aromatic carbocycles. The van der Waals surface area contributed by atoms with Gasteiger partial charge >= 0.3 is 6.18 Å². The van der Waals surface area contributed by atoms with E-state index in [1.807, 2.05) is 5.32 Å². The number of nitrogens with one attached hydrogen (secondary N) is 2. The Kier molecular flexibility index (Phi) is 5.00. The number of benzene rings is 1. The van der Waals surface area contributed by atoms with Gasteiger partial charge in [-0.25, -0.2) is 8.78 Å². The van der Waals surface area contributed by atoms with Crippen molar-refractivity contribution >= 4 is 11.8 Å². The Morgan fingerprint density at radius 1 is 1.10 bits per heavy atom. The second-order valence-corrected chi connectivity index (χ2v) is 3.70. The molecule has 0 heterocycles. The third kappa shape index (κ3) is 5.21. The van der Waals surface area contributed by atoms with Gasteiger partial charge in [-0.2, -0.15) is 13.2 Å². The van der Waals surface area contributed by atoms with Gasteiger partial charge in [0.1, 0.15) is 18.2 Å². The van der Waals surface area contributed by atoms with E-state index < -0.39 is 48.3 Å². The van der Waals surface area contributed by atoms with E-state index in [9.17, 15) is 31.5 Å². The molecule has 0 fully saturated rings. The molecule has 0 unspecified atom stereocenters. The van der Waals surface area contributed by atoms with Gasteiger partial charge in [-0.05, 0) is 12.1 Å². The standard InChI is InChI=1S/C11H9F5N2O2/c12-6-1-2-7(8(13)3-6)10(20)17-4-9(19)18-5-11(14,15)16/h1-3H,4-5H2,(H,17,20)(H,18,19). The highest BCUT2D eigenvalue weighted by atomic mass is 19.4. The Morgan fingerprint density at radius 3 is 2.30 bits per heavy atom. The van der Waals surface area contributed by atoms with Crippen LogP contribution < -0.4 is 10.6 Å². The van der Waals surface area contributed by atoms with Crippen molar-refractivity contribution in [2.24, 2.45) is 0 Å². The van der Waals surface area contributed by atoms with Crippen molar-refractivity contribution in [2.75, 3.05) is 13.1 Å². The fourth-order valence-corrected chi connectivity index (χ4v) is 1.19. The zero-order valence-electron chi connectivity index (χ0n) is 9.85. The Labute approximate surface area is 110 Å². The van der Waals surface area contributed by atoms with Gasteiger partial charge in [-0.3, -0.25) is 9.59 Å². The van der Waals surface area contributed by atoms with Crippen molar-refractivity contribution in [3.63, 3.8) is 0 Å². The maximum Gasteiger partial charge on any atom is 0.405 e. The van der Waals surface area contributed by atoms with Crippen LogP contribution in [0.5, 0.6) is 0 Å². The fourth-order valence-electron chi connectivity index (χ4n) is 1.19. The van der Waals surface area contributed by atoms with E-state index in [0.29, 0.717) is 6.07 Å². The maximum atomic E-state index is 13.2. The highest BCUT2D eigenvalue weighted by Crippen LogP contribution is 2.12. The number of amides is 2. The van der Waals surface area contributed by atoms with Crippen LogP contribution in [-0.2, 0) is 4.79 Å². The average Bonchev–Trinajstić information content (AvgIpc) is 2.32. The number of hydrogen-bond donors (Lipinski definition) is 2. The molecule has 9 heteroatoms. The van der Waals surface area contributed by atoms with Crippen LogP contribution in [0.15, 0.2) is 18.2 Å². The SMILES string of the molecule is O=C(CNC(=O)c1ccc(F)cc1F)NCC(F)(F)F. The predicted molar refractivity (Wildman–Crippen MR) is 57.8 cm³/mol. The van der Waals surface area contributed by atoms with Crippen molar-refractivity contribution in [1.82, 2.24) is 10.6 Å². The zero-order chi connectivity index (χ0) is 15.3. The minimum atomic E-state index is -4.57. The van der Waals surface area contributed by atoms with Crippen LogP contribution in [0.4, 0.5) is 22.0 Å². The Morgan fingerprint density at radius 2 is 1.75 bits per heavy atom. The number of carbonyl (C=O) groups excluding carboxylic acids is 2. The molecule has 1 aromatic rings. The fraction of sp³-hybridized carbons (Fsp3) is 0.273. The molecule has 0 saturated heterocycles. The Bertz CT molecular complexity index is 516. The van der Waals surface area contributed by atoms with Crippen molar-refractivity contribution in [3.8, 4) is 0 Å². The highest BCUT2D eigenvalue weighted by molar-refractivity contribution is 5.96. The molecule has 4 nitrogen and oxygen atoms in total. The van der Waals surface area contributed by atoms with E-state index in [0.717, 1.165) is 12.1 Å². The van der Waals surface area contributed by atoms with Gasteiger partial charge < -0.3 is 10.6 Å². The summed E-state index contributed by atoms with van der Waals surface area (Å²) in [5.74, 6) is -4.15. The number of carbonyl (C=O) groups is 2. The largest absolute Gasteiger partial charge is 0.405 e. The molecule has 0 aliphatic rings. The predicted octanol–water partition coefficient (Wildman–Crippen LogP) is 1.37. The van der Waals surface area contributed by atoms with Crippen LogP contribution in [0, 0.1) is 11.6 Å². The number of rotatable bonds is 4. The van der Waals surface area contributed by atoms with Crippen molar-refractivity contribution in [1.29, 1.82) is 0 Å². The molecule has 0 aromatic heterocycles. The summed E-state index contributed by atoms with van der Waals surface area (Å²) in [5.41, 5.74) is -0.518. The molecule has 0 bridgehead atoms. The van der Waals surface area contributed by atoms with Gasteiger partial charge in [0.05, 0.1) is 12.1 Å². The van der Waals surface area contributed by atoms with E-state index in [4.69, 9.17) is 0 Å². The van der Waals surface area contributed by atoms with Crippen LogP contribution in [0.3, 0.4) is 0 Å². The molecule has 2 N–H and O–H groups in total. The van der Waals surface area contributed by atoms with Crippen LogP contribution >= 0.6 is 0 Å². The quantitative estimate of drug-likeness (QED) is 0.825. The molecule has 0 radical (unpaired) electrons. The van der Waals surface area contributed by atoms with E-state index in [-0.39, 0.29) is 0 Å². The van der Waals surface area contributed by atoms with Crippen LogP contribution in [0.25, 0.3) is 0 Å². The van der Waals surface area contributed by atoms with Gasteiger partial charge in [0.15, 0.2) is 0 Å². The minimum Gasteiger partial charge on any atom is -0.345 e. The first-order valence-electron chi connectivity index (χ1n) is 5.26. The lowest BCUT2D eigenvalue weighted by Crippen LogP contribution is -2.41. The molecule has 0 aliphatic carbocycles. The normalized spacial score (nSPS) is 11.1. The number of hydrogen-bond acceptors (Lipinski definition) is 2. The highest BCUT2D eigenvalue weighted by Gasteiger charge is 2.27. The summed E-state index contributed by atoms with van der Waals surface area (Å²) in [7, 11) is 0. The average molecular weight is 296 g/mol. The van der Waals surface area contributed by atoms with E-state index in [2.05, 4.69) is 0 Å². The molecule has 20 heavy (non-hydrogen) atoms. The summed E-state index contributed by atoms with van der Waals surface area (Å²) in [6.07, 6.45) is -4.57. The van der Waals surface area contributed by atoms with E-state index in [1.165, 1.54) is 5.32 Å². The molecule has 2 amide bonds. The summed E-state index contributed by atoms with van der Waals surface area (Å²) >= 11 is 0. The first-order chi connectivity index (χ1) is 9.19. The lowest BCUT2D eigenvalue weighted by molar-refractivity contribution is -0.137. The van der Waals surface area contributed by atoms with Gasteiger partial charge in [-0.1, -0.05) is 0 Å². The van der Waals surface area contributed by atoms with Crippen LogP contribution in [-0.4, -0.2) is 31.1 Å². The molecule has 110 valence electrons. The van der Waals surface area contributed by atoms with Gasteiger partial charge in [0, 0.05) is 6.07 Å². The zero-order valence-corrected chi connectivity index (χ0v) is 9.85. The van der Waals surface area contributed by atoms with Gasteiger partial charge in [0.25, 0.3) is 5.91 Å². The minimum absolute atomic E-state index is 0.471. The molecule has 0 saturated carbocycles. The van der Waals surface area contributed by atoms with Crippen molar-refractivity contribution < 1.29 is 31.5 Å². The lowest BCUT2D eigenvalue weighted by Gasteiger charge is -2.09. The van der Waals surface area contributed by atoms with Gasteiger partial charge in [0.2, 0.25) is 5.91 Å². The molecule has 1 rings (SSSR count). The molecular weight excluding hydrogens is 287 g/mol. The molecule has 0 spiro atoms. The maximum absolute atomic E-state index is 13.2. The monoisotopic (exact) mass is 296 g/mol. The Balaban J connectivity index is 2.49. The third-order valence-electron chi connectivity index (χ3n) is 2.07. The molecular formula is C11H9F5N2O2. The summed E-state index contributed by atoms with van der Waals surface area (Å²) < 4.78 is 61.1. The first-order valence-corrected chi connectivity index (χ1v) is 5.26. The topological polar surface area (TPSA) is 58.2 Å². The smallest absolute Gasteiger partial charge is 0.345 e. The van der Waals surface area contributed by atoms with Crippen molar-refractivity contribution in [2.45, 2.75) is 6.18 Å². The summed E-state index contributed by atoms with van der Waals surface area (Å²) in [6.45, 7) is -2.29. The number of alkyl halides is 3. The summed E-state index contributed by atoms with van der Waals surface area (Å²) in [6, 6.07) is 2.16. The summed E-state index contributed by atoms with van der Waals surface area (Å²) in [5, 5.41) is 3.44. The van der Waals surface area contributed by atoms with Crippen molar-refractivity contribution in [3.05, 3.63) is 35.4 Å².